The van der Waals surface area contributed by atoms with Crippen molar-refractivity contribution in [3.63, 3.8) is 0 Å². The zero-order valence-corrected chi connectivity index (χ0v) is 11.3. The second kappa shape index (κ2) is 5.85. The molecular formula is C15H15NOS. The summed E-state index contributed by atoms with van der Waals surface area (Å²) in [7, 11) is 3.99. The van der Waals surface area contributed by atoms with Crippen LogP contribution in [0.2, 0.25) is 0 Å². The van der Waals surface area contributed by atoms with Crippen molar-refractivity contribution in [2.24, 2.45) is 0 Å². The van der Waals surface area contributed by atoms with Gasteiger partial charge in [0.25, 0.3) is 0 Å². The Morgan fingerprint density at radius 3 is 2.00 bits per heavy atom. The van der Waals surface area contributed by atoms with E-state index in [-0.39, 0.29) is 5.78 Å². The number of hydrogen-bond acceptors (Lipinski definition) is 3. The molecule has 0 N–H and O–H groups in total. The van der Waals surface area contributed by atoms with Crippen molar-refractivity contribution in [1.29, 1.82) is 0 Å². The summed E-state index contributed by atoms with van der Waals surface area (Å²) in [6, 6.07) is 17.0. The van der Waals surface area contributed by atoms with Crippen LogP contribution in [0.4, 0.5) is 0 Å². The number of nitrogens with zero attached hydrogens (tertiary/aromatic N) is 1. The molecule has 2 aromatic rings. The molecule has 2 rings (SSSR count). The predicted octanol–water partition coefficient (Wildman–Crippen LogP) is 3.49. The van der Waals surface area contributed by atoms with Crippen LogP contribution in [-0.4, -0.2) is 24.2 Å². The number of ketones is 1. The van der Waals surface area contributed by atoms with Crippen molar-refractivity contribution in [3.8, 4) is 0 Å². The first-order chi connectivity index (χ1) is 8.66. The zero-order chi connectivity index (χ0) is 13.0. The van der Waals surface area contributed by atoms with Crippen LogP contribution in [0.15, 0.2) is 59.5 Å². The third-order valence-corrected chi connectivity index (χ3v) is 3.29. The first-order valence-electron chi connectivity index (χ1n) is 5.72. The molecule has 0 aliphatic carbocycles. The summed E-state index contributed by atoms with van der Waals surface area (Å²) in [5.74, 6) is 0.0667. The first-order valence-corrected chi connectivity index (χ1v) is 6.49. The fourth-order valence-corrected chi connectivity index (χ4v) is 2.31. The summed E-state index contributed by atoms with van der Waals surface area (Å²) >= 11 is 1.64. The summed E-state index contributed by atoms with van der Waals surface area (Å²) in [6.45, 7) is 0. The second-order valence-corrected chi connectivity index (χ2v) is 5.51. The van der Waals surface area contributed by atoms with E-state index in [0.29, 0.717) is 0 Å². The Balaban J connectivity index is 2.17. The quantitative estimate of drug-likeness (QED) is 0.618. The maximum absolute atomic E-state index is 12.2. The van der Waals surface area contributed by atoms with Crippen LogP contribution in [0.5, 0.6) is 0 Å². The van der Waals surface area contributed by atoms with Crippen molar-refractivity contribution >= 4 is 17.7 Å². The highest BCUT2D eigenvalue weighted by molar-refractivity contribution is 7.97. The topological polar surface area (TPSA) is 20.3 Å². The largest absolute Gasteiger partial charge is 0.289 e. The third kappa shape index (κ3) is 3.22. The van der Waals surface area contributed by atoms with Crippen molar-refractivity contribution in [2.75, 3.05) is 14.1 Å². The summed E-state index contributed by atoms with van der Waals surface area (Å²) in [4.78, 5) is 13.3. The molecule has 0 aromatic heterocycles. The van der Waals surface area contributed by atoms with Gasteiger partial charge >= 0.3 is 0 Å². The average Bonchev–Trinajstić information content (AvgIpc) is 2.39. The standard InChI is InChI=1S/C15H15NOS/c1-16(2)18-14-10-8-13(9-11-14)15(17)12-6-4-3-5-7-12/h3-11H,1-2H3. The van der Waals surface area contributed by atoms with Crippen LogP contribution < -0.4 is 0 Å². The van der Waals surface area contributed by atoms with Gasteiger partial charge in [0, 0.05) is 16.0 Å². The Bertz CT molecular complexity index is 520. The van der Waals surface area contributed by atoms with Crippen molar-refractivity contribution in [2.45, 2.75) is 4.90 Å². The van der Waals surface area contributed by atoms with E-state index in [1.54, 1.807) is 11.9 Å². The van der Waals surface area contributed by atoms with Gasteiger partial charge in [0.2, 0.25) is 0 Å². The van der Waals surface area contributed by atoms with Crippen LogP contribution in [0, 0.1) is 0 Å². The van der Waals surface area contributed by atoms with E-state index in [1.165, 1.54) is 0 Å². The fraction of sp³-hybridized carbons (Fsp3) is 0.133. The number of benzene rings is 2. The second-order valence-electron chi connectivity index (χ2n) is 4.12. The smallest absolute Gasteiger partial charge is 0.193 e. The van der Waals surface area contributed by atoms with Crippen LogP contribution in [-0.2, 0) is 0 Å². The maximum Gasteiger partial charge on any atom is 0.193 e. The Morgan fingerprint density at radius 1 is 0.889 bits per heavy atom. The van der Waals surface area contributed by atoms with E-state index in [9.17, 15) is 4.79 Å². The summed E-state index contributed by atoms with van der Waals surface area (Å²) in [5.41, 5.74) is 1.45. The molecule has 18 heavy (non-hydrogen) atoms. The molecule has 0 aliphatic heterocycles. The van der Waals surface area contributed by atoms with Gasteiger partial charge in [-0.25, -0.2) is 0 Å². The molecule has 2 nitrogen and oxygen atoms in total. The molecule has 3 heteroatoms. The van der Waals surface area contributed by atoms with Crippen LogP contribution in [0.25, 0.3) is 0 Å². The Hall–Kier alpha value is -1.58. The van der Waals surface area contributed by atoms with Gasteiger partial charge in [0.05, 0.1) is 0 Å². The van der Waals surface area contributed by atoms with Crippen LogP contribution >= 0.6 is 11.9 Å². The Morgan fingerprint density at radius 2 is 1.44 bits per heavy atom. The SMILES string of the molecule is CN(C)Sc1ccc(C(=O)c2ccccc2)cc1. The zero-order valence-electron chi connectivity index (χ0n) is 10.5. The van der Waals surface area contributed by atoms with E-state index < -0.39 is 0 Å². The minimum absolute atomic E-state index is 0.0667. The summed E-state index contributed by atoms with van der Waals surface area (Å²) in [6.07, 6.45) is 0. The highest BCUT2D eigenvalue weighted by Gasteiger charge is 2.08. The van der Waals surface area contributed by atoms with Gasteiger partial charge in [-0.3, -0.25) is 9.10 Å². The minimum atomic E-state index is 0.0667. The summed E-state index contributed by atoms with van der Waals surface area (Å²) in [5, 5.41) is 0. The molecular weight excluding hydrogens is 242 g/mol. The predicted molar refractivity (Wildman–Crippen MR) is 75.9 cm³/mol. The molecule has 0 radical (unpaired) electrons. The van der Waals surface area contributed by atoms with E-state index >= 15 is 0 Å². The number of carbonyl (C=O) groups excluding carboxylic acids is 1. The minimum Gasteiger partial charge on any atom is -0.289 e. The molecule has 0 amide bonds. The fourth-order valence-electron chi connectivity index (χ4n) is 1.63. The van der Waals surface area contributed by atoms with Gasteiger partial charge in [-0.1, -0.05) is 30.3 Å². The van der Waals surface area contributed by atoms with Gasteiger partial charge in [-0.15, -0.1) is 0 Å². The molecule has 0 heterocycles. The lowest BCUT2D eigenvalue weighted by molar-refractivity contribution is 0.103. The molecule has 0 fully saturated rings. The third-order valence-electron chi connectivity index (χ3n) is 2.44. The molecule has 0 spiro atoms. The van der Waals surface area contributed by atoms with E-state index in [4.69, 9.17) is 0 Å². The number of carbonyl (C=O) groups is 1. The van der Waals surface area contributed by atoms with Crippen molar-refractivity contribution < 1.29 is 4.79 Å². The molecule has 0 bridgehead atoms. The van der Waals surface area contributed by atoms with Gasteiger partial charge < -0.3 is 0 Å². The molecule has 0 aliphatic rings. The van der Waals surface area contributed by atoms with Gasteiger partial charge in [-0.2, -0.15) is 0 Å². The lowest BCUT2D eigenvalue weighted by atomic mass is 10.0. The highest BCUT2D eigenvalue weighted by atomic mass is 32.2. The number of hydrogen-bond donors (Lipinski definition) is 0. The van der Waals surface area contributed by atoms with Crippen LogP contribution in [0.3, 0.4) is 0 Å². The van der Waals surface area contributed by atoms with Gasteiger partial charge in [0.1, 0.15) is 0 Å². The molecule has 0 unspecified atom stereocenters. The lowest BCUT2D eigenvalue weighted by Crippen LogP contribution is -2.01. The summed E-state index contributed by atoms with van der Waals surface area (Å²) < 4.78 is 2.02. The van der Waals surface area contributed by atoms with Crippen molar-refractivity contribution in [3.05, 3.63) is 65.7 Å². The van der Waals surface area contributed by atoms with Crippen LogP contribution in [0.1, 0.15) is 15.9 Å². The maximum atomic E-state index is 12.2. The molecule has 0 atom stereocenters. The Labute approximate surface area is 112 Å². The van der Waals surface area contributed by atoms with Gasteiger partial charge in [0.15, 0.2) is 5.78 Å². The highest BCUT2D eigenvalue weighted by Crippen LogP contribution is 2.20. The van der Waals surface area contributed by atoms with E-state index in [0.717, 1.165) is 16.0 Å². The first kappa shape index (κ1) is 12.9. The van der Waals surface area contributed by atoms with E-state index in [1.807, 2.05) is 73.0 Å². The molecule has 92 valence electrons. The van der Waals surface area contributed by atoms with Crippen molar-refractivity contribution in [1.82, 2.24) is 4.31 Å². The molecule has 0 saturated heterocycles. The normalized spacial score (nSPS) is 10.6. The van der Waals surface area contributed by atoms with E-state index in [2.05, 4.69) is 0 Å². The van der Waals surface area contributed by atoms with Gasteiger partial charge in [-0.05, 0) is 50.3 Å². The number of rotatable bonds is 4. The molecule has 0 saturated carbocycles. The molecule has 2 aromatic carbocycles. The Kier molecular flexibility index (Phi) is 4.18. The monoisotopic (exact) mass is 257 g/mol. The lowest BCUT2D eigenvalue weighted by Gasteiger charge is -2.08. The average molecular weight is 257 g/mol.